The van der Waals surface area contributed by atoms with Crippen LogP contribution in [0.3, 0.4) is 0 Å². The minimum atomic E-state index is 0.854. The summed E-state index contributed by atoms with van der Waals surface area (Å²) in [5.41, 5.74) is 17.1. The van der Waals surface area contributed by atoms with E-state index in [1.54, 1.807) is 0 Å². The molecule has 0 saturated heterocycles. The molecule has 0 amide bonds. The normalized spacial score (nSPS) is 11.4. The summed E-state index contributed by atoms with van der Waals surface area (Å²) in [4.78, 5) is 4.85. The third kappa shape index (κ3) is 7.76. The summed E-state index contributed by atoms with van der Waals surface area (Å²) in [6, 6.07) is 101. The highest BCUT2D eigenvalue weighted by atomic mass is 16.3. The molecule has 334 valence electrons. The molecule has 13 rings (SSSR count). The van der Waals surface area contributed by atoms with Crippen LogP contribution >= 0.6 is 0 Å². The molecule has 0 spiro atoms. The van der Waals surface area contributed by atoms with E-state index in [-0.39, 0.29) is 0 Å². The summed E-state index contributed by atoms with van der Waals surface area (Å²) in [5, 5.41) is 7.00. The van der Waals surface area contributed by atoms with Crippen molar-refractivity contribution in [3.05, 3.63) is 279 Å². The van der Waals surface area contributed by atoms with Crippen LogP contribution in [0.1, 0.15) is 0 Å². The smallest absolute Gasteiger partial charge is 0.135 e. The fourth-order valence-electron chi connectivity index (χ4n) is 10.4. The highest BCUT2D eigenvalue weighted by Gasteiger charge is 2.24. The first kappa shape index (κ1) is 41.7. The lowest BCUT2D eigenvalue weighted by Gasteiger charge is -2.31. The number of anilines is 6. The Labute approximate surface area is 413 Å². The fourth-order valence-corrected chi connectivity index (χ4v) is 10.4. The number of fused-ring (bicyclic) bond motifs is 6. The number of rotatable bonds is 10. The number of benzene rings is 12. The van der Waals surface area contributed by atoms with Crippen molar-refractivity contribution in [2.45, 2.75) is 0 Å². The number of nitrogens with zero attached hydrogens (tertiary/aromatic N) is 2. The van der Waals surface area contributed by atoms with Crippen LogP contribution in [0.25, 0.3) is 88.0 Å². The summed E-state index contributed by atoms with van der Waals surface area (Å²) < 4.78 is 6.44. The summed E-state index contributed by atoms with van der Waals surface area (Å²) >= 11 is 0. The van der Waals surface area contributed by atoms with E-state index in [4.69, 9.17) is 4.42 Å². The Kier molecular flexibility index (Phi) is 10.5. The van der Waals surface area contributed by atoms with Crippen LogP contribution < -0.4 is 9.80 Å². The summed E-state index contributed by atoms with van der Waals surface area (Å²) in [5.74, 6) is 0. The lowest BCUT2D eigenvalue weighted by molar-refractivity contribution is 0.669. The number of hydrogen-bond donors (Lipinski definition) is 0. The van der Waals surface area contributed by atoms with Crippen LogP contribution in [0.5, 0.6) is 0 Å². The summed E-state index contributed by atoms with van der Waals surface area (Å²) in [7, 11) is 0. The zero-order chi connectivity index (χ0) is 47.1. The molecule has 0 aliphatic rings. The monoisotopic (exact) mass is 906 g/mol. The van der Waals surface area contributed by atoms with Gasteiger partial charge in [0.2, 0.25) is 0 Å². The maximum atomic E-state index is 6.44. The first-order valence-electron chi connectivity index (χ1n) is 24.2. The third-order valence-electron chi connectivity index (χ3n) is 13.8. The van der Waals surface area contributed by atoms with Gasteiger partial charge in [0, 0.05) is 44.8 Å². The Morgan fingerprint density at radius 1 is 0.225 bits per heavy atom. The molecular formula is C68H46N2O. The van der Waals surface area contributed by atoms with Gasteiger partial charge >= 0.3 is 0 Å². The van der Waals surface area contributed by atoms with E-state index in [0.29, 0.717) is 0 Å². The molecule has 3 heteroatoms. The summed E-state index contributed by atoms with van der Waals surface area (Å²) in [6.07, 6.45) is 0. The van der Waals surface area contributed by atoms with Gasteiger partial charge in [-0.25, -0.2) is 0 Å². The zero-order valence-corrected chi connectivity index (χ0v) is 38.9. The van der Waals surface area contributed by atoms with Crippen molar-refractivity contribution in [2.24, 2.45) is 0 Å². The van der Waals surface area contributed by atoms with Gasteiger partial charge in [-0.3, -0.25) is 0 Å². The van der Waals surface area contributed by atoms with Crippen LogP contribution in [0, 0.1) is 0 Å². The molecule has 0 atom stereocenters. The number of para-hydroxylation sites is 2. The molecule has 0 radical (unpaired) electrons. The van der Waals surface area contributed by atoms with Crippen LogP contribution in [0.15, 0.2) is 283 Å². The van der Waals surface area contributed by atoms with E-state index in [0.717, 1.165) is 89.4 Å². The second-order valence-corrected chi connectivity index (χ2v) is 18.1. The Bertz CT molecular complexity index is 3950. The van der Waals surface area contributed by atoms with Crippen molar-refractivity contribution >= 4 is 77.6 Å². The van der Waals surface area contributed by atoms with Gasteiger partial charge in [-0.1, -0.05) is 200 Å². The standard InChI is InChI=1S/C68H46N2O/c1-4-18-47(19-5-1)49-32-36-54(37-33-49)69(55-38-34-50(35-39-55)48-20-6-2-7-21-48)57-42-53(64-44-52-24-10-11-25-59(52)61-27-12-13-28-62(61)64)43-58(45-57)70(66-30-16-14-26-60(66)51-22-8-3-9-23-51)56-40-41-68-65(46-56)63-29-15-17-31-67(63)71-68/h1-46H. The molecule has 3 nitrogen and oxygen atoms in total. The molecule has 0 aliphatic carbocycles. The highest BCUT2D eigenvalue weighted by molar-refractivity contribution is 6.14. The van der Waals surface area contributed by atoms with E-state index in [1.807, 2.05) is 6.07 Å². The van der Waals surface area contributed by atoms with Crippen LogP contribution in [-0.4, -0.2) is 0 Å². The Morgan fingerprint density at radius 2 is 0.704 bits per heavy atom. The molecule has 0 bridgehead atoms. The van der Waals surface area contributed by atoms with E-state index in [9.17, 15) is 0 Å². The minimum Gasteiger partial charge on any atom is -0.456 e. The average molecular weight is 907 g/mol. The van der Waals surface area contributed by atoms with Crippen LogP contribution in [0.2, 0.25) is 0 Å². The molecule has 0 N–H and O–H groups in total. The second kappa shape index (κ2) is 17.9. The third-order valence-corrected chi connectivity index (χ3v) is 13.8. The lowest BCUT2D eigenvalue weighted by Crippen LogP contribution is -2.14. The van der Waals surface area contributed by atoms with Gasteiger partial charge in [-0.05, 0) is 139 Å². The van der Waals surface area contributed by atoms with E-state index < -0.39 is 0 Å². The predicted molar refractivity (Wildman–Crippen MR) is 300 cm³/mol. The van der Waals surface area contributed by atoms with Crippen molar-refractivity contribution < 1.29 is 4.42 Å². The lowest BCUT2D eigenvalue weighted by atomic mass is 9.92. The second-order valence-electron chi connectivity index (χ2n) is 18.1. The minimum absolute atomic E-state index is 0.854. The first-order chi connectivity index (χ1) is 35.2. The first-order valence-corrected chi connectivity index (χ1v) is 24.2. The van der Waals surface area contributed by atoms with Crippen molar-refractivity contribution in [3.8, 4) is 44.5 Å². The quantitative estimate of drug-likeness (QED) is 0.128. The SMILES string of the molecule is c1ccc(-c2ccc(N(c3ccc(-c4ccccc4)cc3)c3cc(-c4cc5ccccc5c5ccccc45)cc(N(c4ccc5oc6ccccc6c5c4)c4ccccc4-c4ccccc4)c3)cc2)cc1. The largest absolute Gasteiger partial charge is 0.456 e. The van der Waals surface area contributed by atoms with E-state index in [2.05, 4.69) is 283 Å². The average Bonchev–Trinajstić information content (AvgIpc) is 3.82. The van der Waals surface area contributed by atoms with Crippen LogP contribution in [0.4, 0.5) is 34.1 Å². The van der Waals surface area contributed by atoms with Crippen molar-refractivity contribution in [1.82, 2.24) is 0 Å². The van der Waals surface area contributed by atoms with Crippen molar-refractivity contribution in [1.29, 1.82) is 0 Å². The van der Waals surface area contributed by atoms with Gasteiger partial charge in [0.25, 0.3) is 0 Å². The van der Waals surface area contributed by atoms with Crippen LogP contribution in [-0.2, 0) is 0 Å². The maximum Gasteiger partial charge on any atom is 0.135 e. The fraction of sp³-hybridized carbons (Fsp3) is 0. The maximum absolute atomic E-state index is 6.44. The number of hydrogen-bond acceptors (Lipinski definition) is 3. The van der Waals surface area contributed by atoms with Gasteiger partial charge in [-0.15, -0.1) is 0 Å². The Morgan fingerprint density at radius 3 is 1.37 bits per heavy atom. The molecule has 0 saturated carbocycles. The molecule has 0 unspecified atom stereocenters. The molecule has 71 heavy (non-hydrogen) atoms. The molecule has 0 fully saturated rings. The van der Waals surface area contributed by atoms with Gasteiger partial charge in [0.05, 0.1) is 5.69 Å². The van der Waals surface area contributed by atoms with Gasteiger partial charge in [-0.2, -0.15) is 0 Å². The van der Waals surface area contributed by atoms with Gasteiger partial charge < -0.3 is 14.2 Å². The Hall–Kier alpha value is -9.44. The molecule has 0 aliphatic heterocycles. The van der Waals surface area contributed by atoms with Gasteiger partial charge in [0.1, 0.15) is 11.2 Å². The molecular weight excluding hydrogens is 861 g/mol. The van der Waals surface area contributed by atoms with Crippen molar-refractivity contribution in [3.63, 3.8) is 0 Å². The molecule has 13 aromatic rings. The van der Waals surface area contributed by atoms with E-state index in [1.165, 1.54) is 32.7 Å². The van der Waals surface area contributed by atoms with Crippen molar-refractivity contribution in [2.75, 3.05) is 9.80 Å². The molecule has 1 aromatic heterocycles. The van der Waals surface area contributed by atoms with Gasteiger partial charge in [0.15, 0.2) is 0 Å². The highest BCUT2D eigenvalue weighted by Crippen LogP contribution is 2.48. The topological polar surface area (TPSA) is 19.6 Å². The molecule has 1 heterocycles. The van der Waals surface area contributed by atoms with E-state index >= 15 is 0 Å². The molecule has 12 aromatic carbocycles. The predicted octanol–water partition coefficient (Wildman–Crippen LogP) is 19.5. The zero-order valence-electron chi connectivity index (χ0n) is 38.9. The number of furan rings is 1. The Balaban J connectivity index is 1.10. The summed E-state index contributed by atoms with van der Waals surface area (Å²) in [6.45, 7) is 0.